The zero-order valence-corrected chi connectivity index (χ0v) is 11.5. The highest BCUT2D eigenvalue weighted by Crippen LogP contribution is 2.21. The van der Waals surface area contributed by atoms with Gasteiger partial charge in [-0.2, -0.15) is 0 Å². The second-order valence-electron chi connectivity index (χ2n) is 5.03. The molecule has 0 radical (unpaired) electrons. The first kappa shape index (κ1) is 14.9. The van der Waals surface area contributed by atoms with E-state index in [0.717, 1.165) is 12.5 Å². The molecule has 0 fully saturated rings. The molecule has 2 N–H and O–H groups in total. The van der Waals surface area contributed by atoms with E-state index < -0.39 is 0 Å². The fourth-order valence-electron chi connectivity index (χ4n) is 2.30. The van der Waals surface area contributed by atoms with Crippen LogP contribution in [0.15, 0.2) is 0 Å². The van der Waals surface area contributed by atoms with Crippen LogP contribution in [-0.4, -0.2) is 30.6 Å². The molecule has 0 aliphatic heterocycles. The van der Waals surface area contributed by atoms with Gasteiger partial charge in [0, 0.05) is 18.6 Å². The van der Waals surface area contributed by atoms with E-state index in [2.05, 4.69) is 46.6 Å². The smallest absolute Gasteiger partial charge is 0.0246 e. The van der Waals surface area contributed by atoms with Gasteiger partial charge in [-0.1, -0.05) is 40.5 Å². The van der Waals surface area contributed by atoms with Crippen molar-refractivity contribution in [3.8, 4) is 0 Å². The summed E-state index contributed by atoms with van der Waals surface area (Å²) in [7, 11) is 2.22. The molecule has 0 aromatic carbocycles. The number of rotatable bonds is 7. The van der Waals surface area contributed by atoms with Gasteiger partial charge in [-0.05, 0) is 25.8 Å². The van der Waals surface area contributed by atoms with Gasteiger partial charge in [0.2, 0.25) is 0 Å². The molecule has 2 atom stereocenters. The topological polar surface area (TPSA) is 29.3 Å². The fourth-order valence-corrected chi connectivity index (χ4v) is 2.30. The summed E-state index contributed by atoms with van der Waals surface area (Å²) in [5.74, 6) is 1.43. The van der Waals surface area contributed by atoms with Crippen LogP contribution in [0, 0.1) is 11.8 Å². The van der Waals surface area contributed by atoms with Gasteiger partial charge in [-0.3, -0.25) is 4.90 Å². The predicted molar refractivity (Wildman–Crippen MR) is 69.0 cm³/mol. The molecule has 0 aliphatic carbocycles. The lowest BCUT2D eigenvalue weighted by Gasteiger charge is -2.38. The standard InChI is InChI=1S/C13H30N2/c1-7-12(8-2)13(9-14)15(6)11(5)10(3)4/h10-13H,7-9,14H2,1-6H3. The second kappa shape index (κ2) is 7.24. The normalized spacial score (nSPS) is 16.4. The molecule has 0 aromatic rings. The first-order valence-electron chi connectivity index (χ1n) is 6.41. The van der Waals surface area contributed by atoms with Crippen molar-refractivity contribution in [2.45, 2.75) is 59.5 Å². The maximum absolute atomic E-state index is 5.92. The summed E-state index contributed by atoms with van der Waals surface area (Å²) in [5.41, 5.74) is 5.92. The number of nitrogens with zero attached hydrogens (tertiary/aromatic N) is 1. The third-order valence-corrected chi connectivity index (χ3v) is 3.96. The summed E-state index contributed by atoms with van der Waals surface area (Å²) in [6.45, 7) is 12.2. The monoisotopic (exact) mass is 214 g/mol. The molecule has 92 valence electrons. The highest BCUT2D eigenvalue weighted by molar-refractivity contribution is 4.81. The highest BCUT2D eigenvalue weighted by atomic mass is 15.2. The Kier molecular flexibility index (Phi) is 7.20. The molecule has 0 aliphatic rings. The number of likely N-dealkylation sites (N-methyl/N-ethyl adjacent to an activating group) is 1. The van der Waals surface area contributed by atoms with E-state index >= 15 is 0 Å². The third kappa shape index (κ3) is 4.12. The largest absolute Gasteiger partial charge is 0.329 e. The SMILES string of the molecule is CCC(CC)C(CN)N(C)C(C)C(C)C. The number of nitrogens with two attached hydrogens (primary N) is 1. The van der Waals surface area contributed by atoms with Crippen LogP contribution >= 0.6 is 0 Å². The molecule has 0 saturated carbocycles. The summed E-state index contributed by atoms with van der Waals surface area (Å²) < 4.78 is 0. The van der Waals surface area contributed by atoms with Crippen LogP contribution in [0.4, 0.5) is 0 Å². The Morgan fingerprint density at radius 1 is 1.07 bits per heavy atom. The Morgan fingerprint density at radius 2 is 1.53 bits per heavy atom. The molecule has 0 amide bonds. The van der Waals surface area contributed by atoms with Crippen molar-refractivity contribution < 1.29 is 0 Å². The van der Waals surface area contributed by atoms with Crippen molar-refractivity contribution in [2.24, 2.45) is 17.6 Å². The zero-order valence-electron chi connectivity index (χ0n) is 11.5. The van der Waals surface area contributed by atoms with Gasteiger partial charge in [0.1, 0.15) is 0 Å². The second-order valence-corrected chi connectivity index (χ2v) is 5.03. The van der Waals surface area contributed by atoms with Gasteiger partial charge >= 0.3 is 0 Å². The van der Waals surface area contributed by atoms with Gasteiger partial charge in [0.15, 0.2) is 0 Å². The summed E-state index contributed by atoms with van der Waals surface area (Å²) in [4.78, 5) is 2.47. The molecular weight excluding hydrogens is 184 g/mol. The Hall–Kier alpha value is -0.0800. The van der Waals surface area contributed by atoms with Crippen molar-refractivity contribution >= 4 is 0 Å². The minimum atomic E-state index is 0.539. The van der Waals surface area contributed by atoms with E-state index in [1.807, 2.05) is 0 Å². The molecule has 0 aromatic heterocycles. The van der Waals surface area contributed by atoms with Crippen molar-refractivity contribution in [2.75, 3.05) is 13.6 Å². The minimum Gasteiger partial charge on any atom is -0.329 e. The fraction of sp³-hybridized carbons (Fsp3) is 1.00. The molecular formula is C13H30N2. The van der Waals surface area contributed by atoms with Crippen LogP contribution in [0.2, 0.25) is 0 Å². The Labute approximate surface area is 96.2 Å². The molecule has 15 heavy (non-hydrogen) atoms. The summed E-state index contributed by atoms with van der Waals surface area (Å²) >= 11 is 0. The maximum Gasteiger partial charge on any atom is 0.0246 e. The van der Waals surface area contributed by atoms with Crippen molar-refractivity contribution in [1.29, 1.82) is 0 Å². The lowest BCUT2D eigenvalue weighted by molar-refractivity contribution is 0.105. The highest BCUT2D eigenvalue weighted by Gasteiger charge is 2.25. The lowest BCUT2D eigenvalue weighted by Crippen LogP contribution is -2.48. The zero-order chi connectivity index (χ0) is 12.0. The number of hydrogen-bond acceptors (Lipinski definition) is 2. The Bertz CT molecular complexity index is 153. The van der Waals surface area contributed by atoms with Crippen molar-refractivity contribution in [3.63, 3.8) is 0 Å². The quantitative estimate of drug-likeness (QED) is 0.706. The minimum absolute atomic E-state index is 0.539. The Balaban J connectivity index is 4.50. The Morgan fingerprint density at radius 3 is 1.80 bits per heavy atom. The summed E-state index contributed by atoms with van der Waals surface area (Å²) in [6.07, 6.45) is 2.46. The van der Waals surface area contributed by atoms with Crippen LogP contribution in [0.1, 0.15) is 47.5 Å². The molecule has 2 nitrogen and oxygen atoms in total. The first-order chi connectivity index (χ1) is 6.99. The van der Waals surface area contributed by atoms with Crippen LogP contribution in [0.3, 0.4) is 0 Å². The van der Waals surface area contributed by atoms with Gasteiger partial charge < -0.3 is 5.73 Å². The van der Waals surface area contributed by atoms with Crippen LogP contribution in [0.25, 0.3) is 0 Å². The van der Waals surface area contributed by atoms with E-state index in [1.54, 1.807) is 0 Å². The predicted octanol–water partition coefficient (Wildman–Crippen LogP) is 2.73. The average molecular weight is 214 g/mol. The molecule has 0 bridgehead atoms. The molecule has 2 heteroatoms. The number of hydrogen-bond donors (Lipinski definition) is 1. The van der Waals surface area contributed by atoms with E-state index in [-0.39, 0.29) is 0 Å². The van der Waals surface area contributed by atoms with Crippen LogP contribution in [0.5, 0.6) is 0 Å². The van der Waals surface area contributed by atoms with E-state index in [4.69, 9.17) is 5.73 Å². The van der Waals surface area contributed by atoms with Crippen molar-refractivity contribution in [1.82, 2.24) is 4.90 Å². The molecule has 0 saturated heterocycles. The molecule has 0 rings (SSSR count). The lowest BCUT2D eigenvalue weighted by atomic mass is 9.91. The van der Waals surface area contributed by atoms with Gasteiger partial charge in [0.25, 0.3) is 0 Å². The van der Waals surface area contributed by atoms with Gasteiger partial charge in [-0.25, -0.2) is 0 Å². The third-order valence-electron chi connectivity index (χ3n) is 3.96. The summed E-state index contributed by atoms with van der Waals surface area (Å²) in [6, 6.07) is 1.15. The van der Waals surface area contributed by atoms with E-state index in [1.165, 1.54) is 12.8 Å². The van der Waals surface area contributed by atoms with Crippen LogP contribution in [-0.2, 0) is 0 Å². The first-order valence-corrected chi connectivity index (χ1v) is 6.41. The molecule has 0 spiro atoms. The van der Waals surface area contributed by atoms with E-state index in [0.29, 0.717) is 18.0 Å². The van der Waals surface area contributed by atoms with E-state index in [9.17, 15) is 0 Å². The van der Waals surface area contributed by atoms with Gasteiger partial charge in [0.05, 0.1) is 0 Å². The molecule has 0 heterocycles. The molecule has 2 unspecified atom stereocenters. The van der Waals surface area contributed by atoms with Crippen molar-refractivity contribution in [3.05, 3.63) is 0 Å². The van der Waals surface area contributed by atoms with Gasteiger partial charge in [-0.15, -0.1) is 0 Å². The van der Waals surface area contributed by atoms with Crippen LogP contribution < -0.4 is 5.73 Å². The average Bonchev–Trinajstić information content (AvgIpc) is 2.23. The summed E-state index contributed by atoms with van der Waals surface area (Å²) in [5, 5.41) is 0. The maximum atomic E-state index is 5.92.